The summed E-state index contributed by atoms with van der Waals surface area (Å²) in [7, 11) is 1.68. The van der Waals surface area contributed by atoms with Crippen molar-refractivity contribution in [2.24, 2.45) is 11.8 Å². The van der Waals surface area contributed by atoms with E-state index in [1.807, 2.05) is 36.1 Å². The van der Waals surface area contributed by atoms with E-state index in [0.29, 0.717) is 44.8 Å². The van der Waals surface area contributed by atoms with Crippen LogP contribution < -0.4 is 11.1 Å². The Kier molecular flexibility index (Phi) is 12.5. The third-order valence-corrected chi connectivity index (χ3v) is 7.43. The molecule has 2 aromatic heterocycles. The molecular weight excluding hydrogens is 578 g/mol. The van der Waals surface area contributed by atoms with Crippen LogP contribution in [0.5, 0.6) is 0 Å². The van der Waals surface area contributed by atoms with E-state index in [1.54, 1.807) is 18.7 Å². The molecule has 0 radical (unpaired) electrons. The van der Waals surface area contributed by atoms with Gasteiger partial charge in [0.2, 0.25) is 0 Å². The molecule has 1 amide bonds. The van der Waals surface area contributed by atoms with Crippen LogP contribution in [0.25, 0.3) is 5.69 Å². The lowest BCUT2D eigenvalue weighted by atomic mass is 9.93. The fraction of sp³-hybridized carbons (Fsp3) is 0.567. The number of carbonyl (C=O) groups is 2. The first kappa shape index (κ1) is 34.0. The summed E-state index contributed by atoms with van der Waals surface area (Å²) < 4.78 is 22.2. The summed E-state index contributed by atoms with van der Waals surface area (Å²) >= 11 is 0. The zero-order valence-electron chi connectivity index (χ0n) is 25.5. The van der Waals surface area contributed by atoms with Crippen molar-refractivity contribution in [3.8, 4) is 5.69 Å². The fourth-order valence-corrected chi connectivity index (χ4v) is 5.25. The Morgan fingerprint density at radius 1 is 1.16 bits per heavy atom. The number of hydrogen-bond acceptors (Lipinski definition) is 10. The van der Waals surface area contributed by atoms with Gasteiger partial charge in [-0.3, -0.25) is 9.59 Å². The number of unbranched alkanes of at least 4 members (excludes halogenated alkanes) is 1. The molecule has 1 saturated heterocycles. The molecule has 1 N–H and O–H groups in total. The minimum Gasteiger partial charge on any atom is -0.457 e. The average molecular weight is 620 g/mol. The van der Waals surface area contributed by atoms with E-state index in [0.717, 1.165) is 29.8 Å². The highest BCUT2D eigenvalue weighted by Crippen LogP contribution is 2.24. The van der Waals surface area contributed by atoms with Crippen LogP contribution in [0.15, 0.2) is 37.9 Å². The number of carbonyl (C=O) groups excluding carboxylic acids is 2. The Labute approximate surface area is 257 Å². The number of piperidine rings is 1. The molecule has 3 aromatic rings. The molecule has 0 unspecified atom stereocenters. The van der Waals surface area contributed by atoms with Crippen LogP contribution in [0.3, 0.4) is 0 Å². The van der Waals surface area contributed by atoms with E-state index in [-0.39, 0.29) is 48.4 Å². The molecule has 0 aliphatic carbocycles. The predicted octanol–water partition coefficient (Wildman–Crippen LogP) is 3.64. The van der Waals surface area contributed by atoms with Crippen molar-refractivity contribution in [3.05, 3.63) is 63.4 Å². The number of methoxy groups -OCH3 is 1. The fourth-order valence-electron chi connectivity index (χ4n) is 5.25. The number of benzene rings is 1. The molecule has 12 nitrogen and oxygen atoms in total. The van der Waals surface area contributed by atoms with Gasteiger partial charge in [-0.2, -0.15) is 0 Å². The quantitative estimate of drug-likeness (QED) is 0.223. The summed E-state index contributed by atoms with van der Waals surface area (Å²) in [6, 6.07) is 7.63. The minimum absolute atomic E-state index is 0. The first-order valence-electron chi connectivity index (χ1n) is 14.5. The maximum atomic E-state index is 14.2. The van der Waals surface area contributed by atoms with Crippen LogP contribution in [-0.4, -0.2) is 71.2 Å². The van der Waals surface area contributed by atoms with Gasteiger partial charge in [-0.1, -0.05) is 37.3 Å². The lowest BCUT2D eigenvalue weighted by molar-refractivity contribution is -0.151. The highest BCUT2D eigenvalue weighted by atomic mass is 35.5. The zero-order valence-corrected chi connectivity index (χ0v) is 26.3. The van der Waals surface area contributed by atoms with E-state index in [1.165, 1.54) is 0 Å². The van der Waals surface area contributed by atoms with Gasteiger partial charge in [0.1, 0.15) is 0 Å². The number of halogens is 1. The molecule has 1 aromatic carbocycles. The van der Waals surface area contributed by atoms with Gasteiger partial charge in [0.05, 0.1) is 17.3 Å². The highest BCUT2D eigenvalue weighted by molar-refractivity contribution is 5.94. The van der Waals surface area contributed by atoms with Crippen molar-refractivity contribution in [1.82, 2.24) is 25.2 Å². The minimum atomic E-state index is -0.835. The van der Waals surface area contributed by atoms with E-state index >= 15 is 0 Å². The monoisotopic (exact) mass is 619 g/mol. The molecule has 1 aliphatic rings. The lowest BCUT2D eigenvalue weighted by Gasteiger charge is -2.38. The molecule has 3 heterocycles. The molecule has 2 atom stereocenters. The smallest absolute Gasteiger partial charge is 0.457 e. The maximum Gasteiger partial charge on any atom is 0.519 e. The second-order valence-corrected chi connectivity index (χ2v) is 11.2. The Morgan fingerprint density at radius 2 is 1.93 bits per heavy atom. The van der Waals surface area contributed by atoms with Gasteiger partial charge in [-0.15, -0.1) is 17.5 Å². The molecule has 0 saturated carbocycles. The number of esters is 1. The first-order valence-corrected chi connectivity index (χ1v) is 14.5. The predicted molar refractivity (Wildman–Crippen MR) is 161 cm³/mol. The molecule has 1 aliphatic heterocycles. The van der Waals surface area contributed by atoms with Crippen LogP contribution in [0.1, 0.15) is 66.4 Å². The summed E-state index contributed by atoms with van der Waals surface area (Å²) in [5.41, 5.74) is 3.00. The van der Waals surface area contributed by atoms with Crippen LogP contribution in [0.2, 0.25) is 0 Å². The lowest BCUT2D eigenvalue weighted by Crippen LogP contribution is -2.53. The van der Waals surface area contributed by atoms with Gasteiger partial charge in [0.25, 0.3) is 5.91 Å². The number of hydrogen-bond donors (Lipinski definition) is 1. The molecule has 236 valence electrons. The number of nitrogens with zero attached hydrogens (tertiary/aromatic N) is 4. The topological polar surface area (TPSA) is 142 Å². The summed E-state index contributed by atoms with van der Waals surface area (Å²) in [6.45, 7) is 9.57. The summed E-state index contributed by atoms with van der Waals surface area (Å²) in [5.74, 6) is -1.32. The zero-order chi connectivity index (χ0) is 30.2. The highest BCUT2D eigenvalue weighted by Gasteiger charge is 2.36. The van der Waals surface area contributed by atoms with Crippen LogP contribution in [0, 0.1) is 25.7 Å². The maximum absolute atomic E-state index is 14.2. The molecule has 4 rings (SSSR count). The van der Waals surface area contributed by atoms with E-state index in [4.69, 9.17) is 18.3 Å². The number of ether oxygens (including phenoxy) is 2. The third-order valence-electron chi connectivity index (χ3n) is 7.43. The normalized spacial score (nSPS) is 16.6. The van der Waals surface area contributed by atoms with Gasteiger partial charge < -0.3 is 28.5 Å². The average Bonchev–Trinajstić information content (AvgIpc) is 3.54. The van der Waals surface area contributed by atoms with Crippen molar-refractivity contribution in [2.75, 3.05) is 33.4 Å². The number of para-hydroxylation sites is 1. The summed E-state index contributed by atoms with van der Waals surface area (Å²) in [4.78, 5) is 40.4. The first-order chi connectivity index (χ1) is 20.2. The summed E-state index contributed by atoms with van der Waals surface area (Å²) in [5, 5.41) is 12.2. The molecule has 43 heavy (non-hydrogen) atoms. The Morgan fingerprint density at radius 3 is 2.60 bits per heavy atom. The second-order valence-electron chi connectivity index (χ2n) is 11.2. The third kappa shape index (κ3) is 8.55. The number of nitrogens with one attached hydrogen (secondary N) is 1. The van der Waals surface area contributed by atoms with Gasteiger partial charge in [-0.25, -0.2) is 9.48 Å². The van der Waals surface area contributed by atoms with Crippen molar-refractivity contribution in [3.63, 3.8) is 0 Å². The Bertz CT molecular complexity index is 1420. The molecule has 13 heteroatoms. The van der Waals surface area contributed by atoms with Crippen LogP contribution in [0.4, 0.5) is 0 Å². The standard InChI is InChI=1S/C30H41N5O7.ClH/c1-19(2)17-34(23-14-22(15-31-16-23)29(37)40-18-26-21(4)41-30(38)42-26)28(36)27-25(12-8-9-13-39-5)35(33-32-27)24-11-7-6-10-20(24)3;/h6-7,10-11,19,22-23,31H,8-9,12-18H2,1-5H3;1H/t22-,23+;/m1./s1. The van der Waals surface area contributed by atoms with Gasteiger partial charge in [0.15, 0.2) is 23.8 Å². The number of amides is 1. The van der Waals surface area contributed by atoms with Crippen LogP contribution in [-0.2, 0) is 27.3 Å². The van der Waals surface area contributed by atoms with Gasteiger partial charge in [-0.05, 0) is 57.1 Å². The SMILES string of the molecule is COCCCCc1c(C(=O)N(CC(C)C)[C@@H]2CNC[C@H](C(=O)OCc3oc(=O)oc3C)C2)nnn1-c1ccccc1C.Cl. The molecule has 0 spiro atoms. The van der Waals surface area contributed by atoms with E-state index in [9.17, 15) is 14.4 Å². The van der Waals surface area contributed by atoms with E-state index < -0.39 is 17.7 Å². The van der Waals surface area contributed by atoms with Gasteiger partial charge in [0, 0.05) is 39.4 Å². The largest absolute Gasteiger partial charge is 0.519 e. The molecule has 0 bridgehead atoms. The number of rotatable bonds is 13. The second kappa shape index (κ2) is 15.8. The van der Waals surface area contributed by atoms with Crippen LogP contribution >= 0.6 is 12.4 Å². The Balaban J connectivity index is 0.00000506. The molecular formula is C30H42ClN5O7. The number of aryl methyl sites for hydroxylation is 2. The van der Waals surface area contributed by atoms with Crippen molar-refractivity contribution in [1.29, 1.82) is 0 Å². The Hall–Kier alpha value is -3.48. The van der Waals surface area contributed by atoms with Gasteiger partial charge >= 0.3 is 11.8 Å². The van der Waals surface area contributed by atoms with Crippen molar-refractivity contribution in [2.45, 2.75) is 66.0 Å². The molecule has 1 fully saturated rings. The van der Waals surface area contributed by atoms with E-state index in [2.05, 4.69) is 29.5 Å². The number of aromatic nitrogens is 3. The van der Waals surface area contributed by atoms with Crippen molar-refractivity contribution >= 4 is 24.3 Å². The van der Waals surface area contributed by atoms with Crippen molar-refractivity contribution < 1.29 is 27.9 Å². The summed E-state index contributed by atoms with van der Waals surface area (Å²) in [6.07, 6.45) is 2.69.